The molecule has 1 aromatic carbocycles. The molecule has 0 saturated carbocycles. The van der Waals surface area contributed by atoms with Gasteiger partial charge in [-0.3, -0.25) is 4.79 Å². The summed E-state index contributed by atoms with van der Waals surface area (Å²) in [6, 6.07) is 5.42. The molecule has 8 heteroatoms. The minimum atomic E-state index is -1.29. The number of anilines is 1. The van der Waals surface area contributed by atoms with E-state index in [2.05, 4.69) is 26.2 Å². The SMILES string of the molecule is O=C(O)c1cccc(C(=O)Nc2c(F)cc(F)cc2Br)n1. The van der Waals surface area contributed by atoms with Gasteiger partial charge in [0.1, 0.15) is 17.2 Å². The van der Waals surface area contributed by atoms with E-state index in [4.69, 9.17) is 5.11 Å². The Labute approximate surface area is 125 Å². The van der Waals surface area contributed by atoms with Gasteiger partial charge in [-0.25, -0.2) is 18.6 Å². The normalized spacial score (nSPS) is 10.2. The molecule has 2 aromatic rings. The minimum absolute atomic E-state index is 0.0164. The van der Waals surface area contributed by atoms with Crippen LogP contribution < -0.4 is 5.32 Å². The van der Waals surface area contributed by atoms with E-state index in [-0.39, 0.29) is 21.5 Å². The molecule has 108 valence electrons. The Morgan fingerprint density at radius 1 is 1.19 bits per heavy atom. The average Bonchev–Trinajstić information content (AvgIpc) is 2.42. The molecule has 1 aromatic heterocycles. The van der Waals surface area contributed by atoms with Gasteiger partial charge in [-0.15, -0.1) is 0 Å². The van der Waals surface area contributed by atoms with Gasteiger partial charge in [0.25, 0.3) is 5.91 Å². The van der Waals surface area contributed by atoms with E-state index in [1.54, 1.807) is 0 Å². The van der Waals surface area contributed by atoms with Crippen LogP contribution in [0.2, 0.25) is 0 Å². The number of pyridine rings is 1. The smallest absolute Gasteiger partial charge is 0.354 e. The molecule has 1 heterocycles. The third kappa shape index (κ3) is 3.40. The van der Waals surface area contributed by atoms with Crippen molar-refractivity contribution in [3.63, 3.8) is 0 Å². The van der Waals surface area contributed by atoms with Gasteiger partial charge in [0, 0.05) is 10.5 Å². The molecule has 0 atom stereocenters. The van der Waals surface area contributed by atoms with E-state index in [0.29, 0.717) is 6.07 Å². The number of rotatable bonds is 3. The number of benzene rings is 1. The number of hydrogen-bond acceptors (Lipinski definition) is 3. The molecule has 2 rings (SSSR count). The summed E-state index contributed by atoms with van der Waals surface area (Å²) in [6.07, 6.45) is 0. The first kappa shape index (κ1) is 15.0. The third-order valence-corrected chi connectivity index (χ3v) is 3.07. The van der Waals surface area contributed by atoms with Crippen LogP contribution in [-0.4, -0.2) is 22.0 Å². The van der Waals surface area contributed by atoms with E-state index in [1.807, 2.05) is 0 Å². The highest BCUT2D eigenvalue weighted by Gasteiger charge is 2.16. The average molecular weight is 357 g/mol. The Bertz CT molecular complexity index is 714. The van der Waals surface area contributed by atoms with E-state index >= 15 is 0 Å². The second kappa shape index (κ2) is 5.96. The highest BCUT2D eigenvalue weighted by atomic mass is 79.9. The highest BCUT2D eigenvalue weighted by molar-refractivity contribution is 9.10. The summed E-state index contributed by atoms with van der Waals surface area (Å²) in [5.74, 6) is -3.88. The Hall–Kier alpha value is -2.35. The first-order valence-electron chi connectivity index (χ1n) is 5.54. The molecule has 0 fully saturated rings. The Balaban J connectivity index is 2.30. The molecule has 0 saturated heterocycles. The number of halogens is 3. The predicted molar refractivity (Wildman–Crippen MR) is 73.2 cm³/mol. The topological polar surface area (TPSA) is 79.3 Å². The fraction of sp³-hybridized carbons (Fsp3) is 0. The van der Waals surface area contributed by atoms with Crippen molar-refractivity contribution < 1.29 is 23.5 Å². The monoisotopic (exact) mass is 356 g/mol. The van der Waals surface area contributed by atoms with Crippen LogP contribution in [0.4, 0.5) is 14.5 Å². The van der Waals surface area contributed by atoms with Crippen LogP contribution in [0.3, 0.4) is 0 Å². The molecule has 5 nitrogen and oxygen atoms in total. The maximum atomic E-state index is 13.6. The van der Waals surface area contributed by atoms with Crippen LogP contribution >= 0.6 is 15.9 Å². The van der Waals surface area contributed by atoms with Gasteiger partial charge in [0.15, 0.2) is 5.82 Å². The minimum Gasteiger partial charge on any atom is -0.477 e. The maximum absolute atomic E-state index is 13.6. The summed E-state index contributed by atoms with van der Waals surface area (Å²) in [4.78, 5) is 26.3. The first-order valence-corrected chi connectivity index (χ1v) is 6.34. The van der Waals surface area contributed by atoms with E-state index in [1.165, 1.54) is 18.2 Å². The molecule has 21 heavy (non-hydrogen) atoms. The van der Waals surface area contributed by atoms with Crippen molar-refractivity contribution in [1.82, 2.24) is 4.98 Å². The Morgan fingerprint density at radius 3 is 2.48 bits per heavy atom. The summed E-state index contributed by atoms with van der Waals surface area (Å²) in [7, 11) is 0. The zero-order valence-electron chi connectivity index (χ0n) is 10.2. The van der Waals surface area contributed by atoms with Crippen LogP contribution in [-0.2, 0) is 0 Å². The van der Waals surface area contributed by atoms with Crippen LogP contribution in [0.5, 0.6) is 0 Å². The fourth-order valence-electron chi connectivity index (χ4n) is 1.52. The number of carbonyl (C=O) groups excluding carboxylic acids is 1. The fourth-order valence-corrected chi connectivity index (χ4v) is 2.03. The second-order valence-corrected chi connectivity index (χ2v) is 4.77. The van der Waals surface area contributed by atoms with Gasteiger partial charge >= 0.3 is 5.97 Å². The van der Waals surface area contributed by atoms with Gasteiger partial charge in [0.05, 0.1) is 5.69 Å². The molecular weight excluding hydrogens is 350 g/mol. The molecule has 0 aliphatic carbocycles. The first-order chi connectivity index (χ1) is 9.88. The molecule has 0 spiro atoms. The number of aromatic nitrogens is 1. The Morgan fingerprint density at radius 2 is 1.86 bits per heavy atom. The second-order valence-electron chi connectivity index (χ2n) is 3.91. The summed E-state index contributed by atoms with van der Waals surface area (Å²) in [5.41, 5.74) is -0.782. The van der Waals surface area contributed by atoms with Crippen LogP contribution in [0.1, 0.15) is 21.0 Å². The lowest BCUT2D eigenvalue weighted by Gasteiger charge is -2.08. The number of amides is 1. The molecule has 0 unspecified atom stereocenters. The summed E-state index contributed by atoms with van der Waals surface area (Å²) < 4.78 is 26.6. The zero-order valence-corrected chi connectivity index (χ0v) is 11.8. The van der Waals surface area contributed by atoms with E-state index < -0.39 is 23.5 Å². The molecule has 0 bridgehead atoms. The predicted octanol–water partition coefficient (Wildman–Crippen LogP) is 3.07. The van der Waals surface area contributed by atoms with Crippen LogP contribution in [0, 0.1) is 11.6 Å². The lowest BCUT2D eigenvalue weighted by molar-refractivity contribution is 0.0690. The van der Waals surface area contributed by atoms with Crippen molar-refractivity contribution in [3.05, 3.63) is 57.8 Å². The van der Waals surface area contributed by atoms with Crippen molar-refractivity contribution in [3.8, 4) is 0 Å². The van der Waals surface area contributed by atoms with Gasteiger partial charge in [-0.2, -0.15) is 0 Å². The highest BCUT2D eigenvalue weighted by Crippen LogP contribution is 2.27. The molecule has 0 aliphatic heterocycles. The zero-order chi connectivity index (χ0) is 15.6. The molecule has 0 aliphatic rings. The number of carboxylic acid groups (broad SMARTS) is 1. The molecule has 0 radical (unpaired) electrons. The van der Waals surface area contributed by atoms with Crippen molar-refractivity contribution in [2.24, 2.45) is 0 Å². The van der Waals surface area contributed by atoms with E-state index in [0.717, 1.165) is 6.07 Å². The van der Waals surface area contributed by atoms with Crippen LogP contribution in [0.15, 0.2) is 34.8 Å². The summed E-state index contributed by atoms with van der Waals surface area (Å²) >= 11 is 2.93. The van der Waals surface area contributed by atoms with Gasteiger partial charge in [-0.05, 0) is 34.1 Å². The molecular formula is C13H7BrF2N2O3. The Kier molecular flexibility index (Phi) is 4.27. The lowest BCUT2D eigenvalue weighted by atomic mass is 10.2. The largest absolute Gasteiger partial charge is 0.477 e. The standard InChI is InChI=1S/C13H7BrF2N2O3/c14-7-4-6(15)5-8(16)11(7)18-12(19)9-2-1-3-10(17-9)13(20)21/h1-5H,(H,18,19)(H,20,21). The number of carboxylic acids is 1. The summed E-state index contributed by atoms with van der Waals surface area (Å²) in [6.45, 7) is 0. The number of hydrogen-bond donors (Lipinski definition) is 2. The number of nitrogens with zero attached hydrogens (tertiary/aromatic N) is 1. The number of nitrogens with one attached hydrogen (secondary N) is 1. The van der Waals surface area contributed by atoms with E-state index in [9.17, 15) is 18.4 Å². The van der Waals surface area contributed by atoms with Crippen molar-refractivity contribution in [1.29, 1.82) is 0 Å². The van der Waals surface area contributed by atoms with Crippen molar-refractivity contribution in [2.75, 3.05) is 5.32 Å². The number of carbonyl (C=O) groups is 2. The van der Waals surface area contributed by atoms with Crippen molar-refractivity contribution in [2.45, 2.75) is 0 Å². The molecule has 2 N–H and O–H groups in total. The van der Waals surface area contributed by atoms with Crippen LogP contribution in [0.25, 0.3) is 0 Å². The van der Waals surface area contributed by atoms with Gasteiger partial charge in [0.2, 0.25) is 0 Å². The van der Waals surface area contributed by atoms with Gasteiger partial charge in [-0.1, -0.05) is 6.07 Å². The quantitative estimate of drug-likeness (QED) is 0.885. The van der Waals surface area contributed by atoms with Gasteiger partial charge < -0.3 is 10.4 Å². The lowest BCUT2D eigenvalue weighted by Crippen LogP contribution is -2.16. The maximum Gasteiger partial charge on any atom is 0.354 e. The van der Waals surface area contributed by atoms with Crippen molar-refractivity contribution >= 4 is 33.5 Å². The number of aromatic carboxylic acids is 1. The molecule has 1 amide bonds. The summed E-state index contributed by atoms with van der Waals surface area (Å²) in [5, 5.41) is 11.0. The third-order valence-electron chi connectivity index (χ3n) is 2.45.